The Bertz CT molecular complexity index is 1110. The SMILES string of the molecule is NC(=O)c1c(NC(=O)C2CCCN2S(=O)(=O)c2ccc(Cl)cc2)sc2c1CCCCC2. The third-order valence-electron chi connectivity index (χ3n) is 5.83. The van der Waals surface area contributed by atoms with Crippen LogP contribution in [0.15, 0.2) is 29.2 Å². The van der Waals surface area contributed by atoms with Crippen molar-refractivity contribution < 1.29 is 18.0 Å². The van der Waals surface area contributed by atoms with Crippen molar-refractivity contribution in [2.24, 2.45) is 5.73 Å². The zero-order chi connectivity index (χ0) is 22.2. The van der Waals surface area contributed by atoms with E-state index in [0.29, 0.717) is 28.4 Å². The van der Waals surface area contributed by atoms with Gasteiger partial charge in [0.15, 0.2) is 0 Å². The van der Waals surface area contributed by atoms with Gasteiger partial charge in [-0.15, -0.1) is 11.3 Å². The van der Waals surface area contributed by atoms with Crippen LogP contribution in [0.5, 0.6) is 0 Å². The fraction of sp³-hybridized carbons (Fsp3) is 0.429. The Morgan fingerprint density at radius 2 is 1.81 bits per heavy atom. The number of carbonyl (C=O) groups is 2. The molecule has 4 rings (SSSR count). The minimum absolute atomic E-state index is 0.0947. The summed E-state index contributed by atoms with van der Waals surface area (Å²) in [5.41, 5.74) is 6.96. The van der Waals surface area contributed by atoms with Crippen LogP contribution < -0.4 is 11.1 Å². The summed E-state index contributed by atoms with van der Waals surface area (Å²) in [7, 11) is -3.85. The highest BCUT2D eigenvalue weighted by Crippen LogP contribution is 2.38. The summed E-state index contributed by atoms with van der Waals surface area (Å²) in [5, 5.41) is 3.69. The summed E-state index contributed by atoms with van der Waals surface area (Å²) in [6.45, 7) is 0.257. The molecule has 0 bridgehead atoms. The summed E-state index contributed by atoms with van der Waals surface area (Å²) >= 11 is 7.26. The molecule has 1 aromatic heterocycles. The highest BCUT2D eigenvalue weighted by molar-refractivity contribution is 7.89. The molecule has 2 aromatic rings. The van der Waals surface area contributed by atoms with Crippen molar-refractivity contribution in [2.45, 2.75) is 55.9 Å². The highest BCUT2D eigenvalue weighted by Gasteiger charge is 2.40. The lowest BCUT2D eigenvalue weighted by molar-refractivity contribution is -0.119. The molecule has 1 aliphatic heterocycles. The lowest BCUT2D eigenvalue weighted by Gasteiger charge is -2.23. The van der Waals surface area contributed by atoms with Crippen LogP contribution >= 0.6 is 22.9 Å². The Hall–Kier alpha value is -1.94. The Morgan fingerprint density at radius 1 is 1.10 bits per heavy atom. The first-order chi connectivity index (χ1) is 14.8. The molecule has 1 aromatic carbocycles. The molecule has 10 heteroatoms. The predicted molar refractivity (Wildman–Crippen MR) is 121 cm³/mol. The Balaban J connectivity index is 1.60. The summed E-state index contributed by atoms with van der Waals surface area (Å²) in [6, 6.07) is 5.05. The molecule has 1 unspecified atom stereocenters. The summed E-state index contributed by atoms with van der Waals surface area (Å²) in [4.78, 5) is 26.5. The van der Waals surface area contributed by atoms with E-state index < -0.39 is 27.9 Å². The average Bonchev–Trinajstić information content (AvgIpc) is 3.28. The number of hydrogen-bond acceptors (Lipinski definition) is 5. The Kier molecular flexibility index (Phi) is 6.39. The molecule has 2 heterocycles. The molecular weight excluding hydrogens is 458 g/mol. The van der Waals surface area contributed by atoms with Gasteiger partial charge in [0.05, 0.1) is 10.5 Å². The standard InChI is InChI=1S/C21H24ClN3O4S2/c22-13-8-10-14(11-9-13)31(28,29)25-12-4-6-16(25)20(27)24-21-18(19(23)26)15-5-2-1-3-7-17(15)30-21/h8-11,16H,1-7,12H2,(H2,23,26)(H,24,27). The minimum Gasteiger partial charge on any atom is -0.365 e. The number of nitrogens with two attached hydrogens (primary N) is 1. The second kappa shape index (κ2) is 8.90. The molecule has 31 heavy (non-hydrogen) atoms. The second-order valence-corrected chi connectivity index (χ2v) is 11.3. The molecular formula is C21H24ClN3O4S2. The van der Waals surface area contributed by atoms with Gasteiger partial charge in [-0.25, -0.2) is 8.42 Å². The zero-order valence-electron chi connectivity index (χ0n) is 16.9. The third-order valence-corrected chi connectivity index (χ3v) is 9.21. The topological polar surface area (TPSA) is 110 Å². The van der Waals surface area contributed by atoms with Crippen molar-refractivity contribution in [3.05, 3.63) is 45.3 Å². The number of sulfonamides is 1. The van der Waals surface area contributed by atoms with E-state index in [1.54, 1.807) is 0 Å². The first kappa shape index (κ1) is 22.3. The number of anilines is 1. The van der Waals surface area contributed by atoms with Gasteiger partial charge in [0.1, 0.15) is 11.0 Å². The van der Waals surface area contributed by atoms with E-state index >= 15 is 0 Å². The maximum absolute atomic E-state index is 13.1. The Morgan fingerprint density at radius 3 is 2.52 bits per heavy atom. The summed E-state index contributed by atoms with van der Waals surface area (Å²) in [5.74, 6) is -0.999. The number of carbonyl (C=O) groups excluding carboxylic acids is 2. The molecule has 0 saturated carbocycles. The number of thiophene rings is 1. The van der Waals surface area contributed by atoms with Crippen LogP contribution in [0.25, 0.3) is 0 Å². The molecule has 2 amide bonds. The van der Waals surface area contributed by atoms with E-state index in [-0.39, 0.29) is 11.4 Å². The van der Waals surface area contributed by atoms with E-state index in [2.05, 4.69) is 5.32 Å². The summed E-state index contributed by atoms with van der Waals surface area (Å²) < 4.78 is 27.5. The molecule has 166 valence electrons. The van der Waals surface area contributed by atoms with Gasteiger partial charge in [0.2, 0.25) is 15.9 Å². The van der Waals surface area contributed by atoms with Gasteiger partial charge in [-0.2, -0.15) is 4.31 Å². The molecule has 7 nitrogen and oxygen atoms in total. The molecule has 1 fully saturated rings. The van der Waals surface area contributed by atoms with Crippen molar-refractivity contribution in [1.82, 2.24) is 4.31 Å². The zero-order valence-corrected chi connectivity index (χ0v) is 19.3. The Labute approximate surface area is 190 Å². The fourth-order valence-corrected chi connectivity index (χ4v) is 7.40. The van der Waals surface area contributed by atoms with Gasteiger partial charge in [0, 0.05) is 16.4 Å². The van der Waals surface area contributed by atoms with Crippen molar-refractivity contribution in [3.63, 3.8) is 0 Å². The molecule has 1 aliphatic carbocycles. The van der Waals surface area contributed by atoms with Crippen LogP contribution in [0.1, 0.15) is 52.9 Å². The van der Waals surface area contributed by atoms with E-state index in [4.69, 9.17) is 17.3 Å². The number of nitrogens with zero attached hydrogens (tertiary/aromatic N) is 1. The van der Waals surface area contributed by atoms with Gasteiger partial charge in [-0.05, 0) is 68.4 Å². The van der Waals surface area contributed by atoms with Crippen molar-refractivity contribution in [1.29, 1.82) is 0 Å². The number of aryl methyl sites for hydroxylation is 1. The number of primary amides is 1. The van der Waals surface area contributed by atoms with Gasteiger partial charge < -0.3 is 11.1 Å². The quantitative estimate of drug-likeness (QED) is 0.636. The average molecular weight is 482 g/mol. The molecule has 1 saturated heterocycles. The lowest BCUT2D eigenvalue weighted by Crippen LogP contribution is -2.43. The van der Waals surface area contributed by atoms with Crippen molar-refractivity contribution >= 4 is 49.8 Å². The van der Waals surface area contributed by atoms with E-state index in [1.165, 1.54) is 39.9 Å². The highest BCUT2D eigenvalue weighted by atomic mass is 35.5. The first-order valence-electron chi connectivity index (χ1n) is 10.3. The number of amides is 2. The molecule has 0 spiro atoms. The minimum atomic E-state index is -3.85. The van der Waals surface area contributed by atoms with Crippen molar-refractivity contribution in [2.75, 3.05) is 11.9 Å². The van der Waals surface area contributed by atoms with Crippen LogP contribution in [0.2, 0.25) is 5.02 Å². The van der Waals surface area contributed by atoms with E-state index in [0.717, 1.165) is 42.5 Å². The smallest absolute Gasteiger partial charge is 0.251 e. The maximum atomic E-state index is 13.1. The fourth-order valence-electron chi connectivity index (χ4n) is 4.32. The number of halogens is 1. The van der Waals surface area contributed by atoms with Crippen LogP contribution in [0.4, 0.5) is 5.00 Å². The summed E-state index contributed by atoms with van der Waals surface area (Å²) in [6.07, 6.45) is 5.73. The number of rotatable bonds is 5. The van der Waals surface area contributed by atoms with Gasteiger partial charge in [0.25, 0.3) is 5.91 Å². The van der Waals surface area contributed by atoms with Gasteiger partial charge in [-0.1, -0.05) is 18.0 Å². The van der Waals surface area contributed by atoms with Crippen LogP contribution in [0.3, 0.4) is 0 Å². The number of nitrogens with one attached hydrogen (secondary N) is 1. The number of hydrogen-bond donors (Lipinski definition) is 2. The molecule has 1 atom stereocenters. The predicted octanol–water partition coefficient (Wildman–Crippen LogP) is 3.56. The van der Waals surface area contributed by atoms with E-state index in [1.807, 2.05) is 0 Å². The molecule has 0 radical (unpaired) electrons. The number of benzene rings is 1. The number of fused-ring (bicyclic) bond motifs is 1. The first-order valence-corrected chi connectivity index (χ1v) is 12.9. The monoisotopic (exact) mass is 481 g/mol. The third kappa shape index (κ3) is 4.37. The van der Waals surface area contributed by atoms with Crippen LogP contribution in [0, 0.1) is 0 Å². The largest absolute Gasteiger partial charge is 0.365 e. The van der Waals surface area contributed by atoms with Gasteiger partial charge >= 0.3 is 0 Å². The van der Waals surface area contributed by atoms with Crippen molar-refractivity contribution in [3.8, 4) is 0 Å². The van der Waals surface area contributed by atoms with Crippen LogP contribution in [-0.4, -0.2) is 37.1 Å². The van der Waals surface area contributed by atoms with E-state index in [9.17, 15) is 18.0 Å². The van der Waals surface area contributed by atoms with Crippen LogP contribution in [-0.2, 0) is 27.7 Å². The van der Waals surface area contributed by atoms with Gasteiger partial charge in [-0.3, -0.25) is 9.59 Å². The second-order valence-electron chi connectivity index (χ2n) is 7.85. The molecule has 3 N–H and O–H groups in total. The maximum Gasteiger partial charge on any atom is 0.251 e. The lowest BCUT2D eigenvalue weighted by atomic mass is 10.1. The normalized spacial score (nSPS) is 19.6. The molecule has 2 aliphatic rings.